The number of aliphatic hydroxyl groups is 1. The van der Waals surface area contributed by atoms with Crippen molar-refractivity contribution in [3.63, 3.8) is 0 Å². The highest BCUT2D eigenvalue weighted by Gasteiger charge is 2.40. The average Bonchev–Trinajstić information content (AvgIpc) is 3.22. The van der Waals surface area contributed by atoms with Crippen LogP contribution in [0.1, 0.15) is 66.9 Å². The van der Waals surface area contributed by atoms with Crippen LogP contribution in [-0.2, 0) is 16.6 Å². The maximum atomic E-state index is 12.9. The number of hydrogen-bond acceptors (Lipinski definition) is 4. The van der Waals surface area contributed by atoms with Crippen molar-refractivity contribution in [3.05, 3.63) is 71.3 Å². The van der Waals surface area contributed by atoms with E-state index in [2.05, 4.69) is 17.1 Å². The van der Waals surface area contributed by atoms with Gasteiger partial charge in [0, 0.05) is 30.6 Å². The van der Waals surface area contributed by atoms with Gasteiger partial charge >= 0.3 is 6.18 Å². The van der Waals surface area contributed by atoms with Crippen molar-refractivity contribution in [2.24, 2.45) is 5.92 Å². The summed E-state index contributed by atoms with van der Waals surface area (Å²) in [7, 11) is 0. The molecule has 0 spiro atoms. The molecule has 2 atom stereocenters. The molecular formula is C28H33F3N2O3. The molecule has 1 saturated carbocycles. The number of alkyl halides is 3. The summed E-state index contributed by atoms with van der Waals surface area (Å²) in [6, 6.07) is 14.7. The van der Waals surface area contributed by atoms with Crippen LogP contribution in [0.25, 0.3) is 0 Å². The number of carbonyl (C=O) groups excluding carboxylic acids is 2. The summed E-state index contributed by atoms with van der Waals surface area (Å²) < 4.78 is 38.7. The van der Waals surface area contributed by atoms with Crippen LogP contribution < -0.4 is 5.32 Å². The number of Topliss-reactive ketones (excluding diaryl/α,β-unsaturated/α-hetero) is 1. The second kappa shape index (κ2) is 10.7. The van der Waals surface area contributed by atoms with Gasteiger partial charge in [-0.15, -0.1) is 0 Å². The van der Waals surface area contributed by atoms with Crippen LogP contribution in [0.4, 0.5) is 13.2 Å². The molecule has 2 N–H and O–H groups in total. The number of nitrogens with zero attached hydrogens (tertiary/aromatic N) is 1. The highest BCUT2D eigenvalue weighted by molar-refractivity contribution is 5.96. The number of hydrogen-bond donors (Lipinski definition) is 2. The van der Waals surface area contributed by atoms with Gasteiger partial charge in [-0.3, -0.25) is 14.5 Å². The van der Waals surface area contributed by atoms with Gasteiger partial charge in [-0.25, -0.2) is 0 Å². The van der Waals surface area contributed by atoms with E-state index in [1.807, 2.05) is 30.3 Å². The first kappa shape index (κ1) is 26.4. The molecule has 0 aromatic heterocycles. The first-order valence-electron chi connectivity index (χ1n) is 12.6. The van der Waals surface area contributed by atoms with Crippen LogP contribution >= 0.6 is 0 Å². The molecule has 1 aliphatic carbocycles. The molecule has 8 heteroatoms. The van der Waals surface area contributed by atoms with Crippen LogP contribution in [0.3, 0.4) is 0 Å². The van der Waals surface area contributed by atoms with Gasteiger partial charge in [0.25, 0.3) is 5.91 Å². The smallest absolute Gasteiger partial charge is 0.385 e. The lowest BCUT2D eigenvalue weighted by molar-refractivity contribution is -0.137. The maximum Gasteiger partial charge on any atom is 0.416 e. The largest absolute Gasteiger partial charge is 0.416 e. The Morgan fingerprint density at radius 2 is 1.78 bits per heavy atom. The van der Waals surface area contributed by atoms with Gasteiger partial charge in [0.1, 0.15) is 0 Å². The molecule has 5 nitrogen and oxygen atoms in total. The summed E-state index contributed by atoms with van der Waals surface area (Å²) in [6.45, 7) is 2.76. The third kappa shape index (κ3) is 6.16. The molecule has 194 valence electrons. The summed E-state index contributed by atoms with van der Waals surface area (Å²) in [4.78, 5) is 27.3. The normalized spacial score (nSPS) is 27.1. The molecule has 0 radical (unpaired) electrons. The fourth-order valence-corrected chi connectivity index (χ4v) is 5.79. The number of likely N-dealkylation sites (tertiary alicyclic amines) is 1. The number of halogens is 3. The van der Waals surface area contributed by atoms with Gasteiger partial charge in [-0.2, -0.15) is 13.2 Å². The molecule has 2 aliphatic rings. The lowest BCUT2D eigenvalue weighted by Crippen LogP contribution is -2.44. The third-order valence-electron chi connectivity index (χ3n) is 7.69. The maximum absolute atomic E-state index is 12.9. The number of amides is 1. The SMILES string of the molecule is C[C@H]1C[C@@H](CC(=O)CNC(=O)c2cccc(C(F)(F)F)c2)CN1C1CCC(O)(c2ccccc2)CC1. The second-order valence-electron chi connectivity index (χ2n) is 10.3. The van der Waals surface area contributed by atoms with E-state index in [1.54, 1.807) is 0 Å². The van der Waals surface area contributed by atoms with E-state index in [1.165, 1.54) is 12.1 Å². The van der Waals surface area contributed by atoms with E-state index in [9.17, 15) is 27.9 Å². The Hall–Kier alpha value is -2.71. The van der Waals surface area contributed by atoms with E-state index in [0.717, 1.165) is 43.5 Å². The predicted molar refractivity (Wildman–Crippen MR) is 130 cm³/mol. The monoisotopic (exact) mass is 502 g/mol. The minimum Gasteiger partial charge on any atom is -0.385 e. The summed E-state index contributed by atoms with van der Waals surface area (Å²) in [5.74, 6) is -0.645. The van der Waals surface area contributed by atoms with Crippen molar-refractivity contribution >= 4 is 11.7 Å². The predicted octanol–water partition coefficient (Wildman–Crippen LogP) is 4.94. The molecular weight excluding hydrogens is 469 g/mol. The van der Waals surface area contributed by atoms with Crippen LogP contribution in [0.5, 0.6) is 0 Å². The quantitative estimate of drug-likeness (QED) is 0.563. The van der Waals surface area contributed by atoms with Crippen molar-refractivity contribution in [1.82, 2.24) is 10.2 Å². The van der Waals surface area contributed by atoms with Crippen molar-refractivity contribution in [2.45, 2.75) is 69.3 Å². The Bertz CT molecular complexity index is 1070. The lowest BCUT2D eigenvalue weighted by Gasteiger charge is -2.41. The molecule has 2 aromatic rings. The Kier molecular flexibility index (Phi) is 7.85. The van der Waals surface area contributed by atoms with Gasteiger partial charge < -0.3 is 10.4 Å². The molecule has 1 heterocycles. The summed E-state index contributed by atoms with van der Waals surface area (Å²) in [5.41, 5.74) is -0.834. The van der Waals surface area contributed by atoms with Crippen LogP contribution in [0, 0.1) is 5.92 Å². The zero-order valence-electron chi connectivity index (χ0n) is 20.4. The Labute approximate surface area is 209 Å². The first-order valence-corrected chi connectivity index (χ1v) is 12.6. The average molecular weight is 503 g/mol. The number of nitrogens with one attached hydrogen (secondary N) is 1. The van der Waals surface area contributed by atoms with E-state index in [0.29, 0.717) is 31.3 Å². The lowest BCUT2D eigenvalue weighted by atomic mass is 9.77. The molecule has 1 amide bonds. The van der Waals surface area contributed by atoms with E-state index < -0.39 is 23.2 Å². The molecule has 2 aromatic carbocycles. The topological polar surface area (TPSA) is 69.6 Å². The number of ketones is 1. The Balaban J connectivity index is 1.25. The van der Waals surface area contributed by atoms with Gasteiger partial charge in [-0.05, 0) is 68.7 Å². The third-order valence-corrected chi connectivity index (χ3v) is 7.69. The standard InChI is InChI=1S/C28H33F3N2O3/c1-19-14-20(15-25(34)17-32-26(35)21-6-5-9-23(16-21)28(29,30)31)18-33(19)24-10-12-27(36,13-11-24)22-7-3-2-4-8-22/h2-9,16,19-20,24,36H,10-15,17-18H2,1H3,(H,32,35)/t19-,20-,24?,27?/m0/s1. The fourth-order valence-electron chi connectivity index (χ4n) is 5.79. The van der Waals surface area contributed by atoms with Crippen molar-refractivity contribution in [3.8, 4) is 0 Å². The Morgan fingerprint density at radius 3 is 2.44 bits per heavy atom. The number of rotatable bonds is 7. The second-order valence-corrected chi connectivity index (χ2v) is 10.3. The summed E-state index contributed by atoms with van der Waals surface area (Å²) in [6.07, 6.45) is -0.133. The minimum atomic E-state index is -4.53. The Morgan fingerprint density at radius 1 is 1.08 bits per heavy atom. The van der Waals surface area contributed by atoms with Crippen molar-refractivity contribution in [2.75, 3.05) is 13.1 Å². The van der Waals surface area contributed by atoms with Gasteiger partial charge in [0.15, 0.2) is 5.78 Å². The van der Waals surface area contributed by atoms with E-state index >= 15 is 0 Å². The molecule has 4 rings (SSSR count). The van der Waals surface area contributed by atoms with Gasteiger partial charge in [0.05, 0.1) is 17.7 Å². The van der Waals surface area contributed by atoms with E-state index in [-0.39, 0.29) is 23.8 Å². The molecule has 2 fully saturated rings. The molecule has 0 bridgehead atoms. The molecule has 36 heavy (non-hydrogen) atoms. The van der Waals surface area contributed by atoms with E-state index in [4.69, 9.17) is 0 Å². The first-order chi connectivity index (χ1) is 17.0. The highest BCUT2D eigenvalue weighted by atomic mass is 19.4. The van der Waals surface area contributed by atoms with Crippen LogP contribution in [0.15, 0.2) is 54.6 Å². The summed E-state index contributed by atoms with van der Waals surface area (Å²) >= 11 is 0. The zero-order valence-corrected chi connectivity index (χ0v) is 20.4. The van der Waals surface area contributed by atoms with Crippen molar-refractivity contribution < 1.29 is 27.9 Å². The van der Waals surface area contributed by atoms with Crippen molar-refractivity contribution in [1.29, 1.82) is 0 Å². The molecule has 0 unspecified atom stereocenters. The van der Waals surface area contributed by atoms with Gasteiger partial charge in [0.2, 0.25) is 0 Å². The van der Waals surface area contributed by atoms with Crippen LogP contribution in [-0.4, -0.2) is 46.9 Å². The zero-order chi connectivity index (χ0) is 25.9. The molecule has 1 saturated heterocycles. The minimum absolute atomic E-state index is 0.119. The van der Waals surface area contributed by atoms with Crippen LogP contribution in [0.2, 0.25) is 0 Å². The summed E-state index contributed by atoms with van der Waals surface area (Å²) in [5, 5.41) is 13.6. The van der Waals surface area contributed by atoms with Gasteiger partial charge in [-0.1, -0.05) is 36.4 Å². The number of carbonyl (C=O) groups is 2. The fraction of sp³-hybridized carbons (Fsp3) is 0.500. The molecule has 1 aliphatic heterocycles. The highest BCUT2D eigenvalue weighted by Crippen LogP contribution is 2.41. The number of benzene rings is 2.